The minimum atomic E-state index is -3.69. The van der Waals surface area contributed by atoms with Gasteiger partial charge in [0.25, 0.3) is 15.9 Å². The number of hydrogen-bond acceptors (Lipinski definition) is 4. The number of nitrogens with one attached hydrogen (secondary N) is 1. The van der Waals surface area contributed by atoms with E-state index in [9.17, 15) is 13.2 Å². The van der Waals surface area contributed by atoms with Crippen LogP contribution in [0.5, 0.6) is 0 Å². The van der Waals surface area contributed by atoms with Crippen molar-refractivity contribution in [1.29, 1.82) is 0 Å². The molecule has 0 aliphatic carbocycles. The van der Waals surface area contributed by atoms with Gasteiger partial charge >= 0.3 is 0 Å². The van der Waals surface area contributed by atoms with Crippen LogP contribution in [0.25, 0.3) is 0 Å². The van der Waals surface area contributed by atoms with Crippen LogP contribution in [0, 0.1) is 6.92 Å². The normalized spacial score (nSPS) is 11.4. The third-order valence-electron chi connectivity index (χ3n) is 4.45. The number of nitrogens with zero attached hydrogens (tertiary/aromatic N) is 2. The summed E-state index contributed by atoms with van der Waals surface area (Å²) >= 11 is 6.03. The zero-order valence-corrected chi connectivity index (χ0v) is 18.0. The predicted octanol–water partition coefficient (Wildman–Crippen LogP) is 4.24. The van der Waals surface area contributed by atoms with Gasteiger partial charge < -0.3 is 0 Å². The molecule has 0 saturated heterocycles. The first-order valence-electron chi connectivity index (χ1n) is 9.02. The van der Waals surface area contributed by atoms with Gasteiger partial charge in [0.15, 0.2) is 0 Å². The fourth-order valence-corrected chi connectivity index (χ4v) is 4.01. The third-order valence-corrected chi connectivity index (χ3v) is 6.59. The number of carbonyl (C=O) groups is 1. The Bertz CT molecular complexity index is 1180. The van der Waals surface area contributed by atoms with Crippen LogP contribution < -0.4 is 9.73 Å². The summed E-state index contributed by atoms with van der Waals surface area (Å²) in [5.74, 6) is -0.422. The summed E-state index contributed by atoms with van der Waals surface area (Å²) in [4.78, 5) is 12.5. The maximum atomic E-state index is 12.8. The molecule has 0 bridgehead atoms. The number of sulfonamides is 1. The fraction of sp³-hybridized carbons (Fsp3) is 0.0909. The van der Waals surface area contributed by atoms with Crippen molar-refractivity contribution in [2.75, 3.05) is 11.4 Å². The fourth-order valence-electron chi connectivity index (χ4n) is 2.63. The molecule has 0 fully saturated rings. The van der Waals surface area contributed by atoms with Gasteiger partial charge in [0.1, 0.15) is 0 Å². The molecule has 3 aromatic carbocycles. The number of hydrogen-bond donors (Lipinski definition) is 1. The molecule has 0 saturated carbocycles. The predicted molar refractivity (Wildman–Crippen MR) is 120 cm³/mol. The zero-order valence-electron chi connectivity index (χ0n) is 16.4. The van der Waals surface area contributed by atoms with Gasteiger partial charge in [-0.1, -0.05) is 47.5 Å². The molecule has 0 atom stereocenters. The van der Waals surface area contributed by atoms with Crippen LogP contribution in [0.15, 0.2) is 82.8 Å². The second-order valence-corrected chi connectivity index (χ2v) is 8.93. The van der Waals surface area contributed by atoms with Crippen molar-refractivity contribution in [1.82, 2.24) is 5.43 Å². The molecule has 30 heavy (non-hydrogen) atoms. The highest BCUT2D eigenvalue weighted by Gasteiger charge is 2.21. The molecule has 0 unspecified atom stereocenters. The van der Waals surface area contributed by atoms with Crippen molar-refractivity contribution >= 4 is 39.4 Å². The second-order valence-electron chi connectivity index (χ2n) is 6.55. The summed E-state index contributed by atoms with van der Waals surface area (Å²) in [5.41, 5.74) is 4.86. The lowest BCUT2D eigenvalue weighted by atomic mass is 10.2. The van der Waals surface area contributed by atoms with E-state index in [2.05, 4.69) is 10.5 Å². The number of carbonyl (C=O) groups excluding carboxylic acids is 1. The summed E-state index contributed by atoms with van der Waals surface area (Å²) < 4.78 is 26.7. The van der Waals surface area contributed by atoms with Crippen LogP contribution >= 0.6 is 11.6 Å². The lowest BCUT2D eigenvalue weighted by Crippen LogP contribution is -2.26. The van der Waals surface area contributed by atoms with Gasteiger partial charge in [-0.05, 0) is 49.4 Å². The molecule has 3 rings (SSSR count). The van der Waals surface area contributed by atoms with Crippen molar-refractivity contribution < 1.29 is 13.2 Å². The van der Waals surface area contributed by atoms with Crippen molar-refractivity contribution in [3.05, 3.63) is 94.5 Å². The first kappa shape index (κ1) is 21.5. The monoisotopic (exact) mass is 441 g/mol. The maximum Gasteiger partial charge on any atom is 0.271 e. The summed E-state index contributed by atoms with van der Waals surface area (Å²) in [6.07, 6.45) is 1.45. The van der Waals surface area contributed by atoms with Gasteiger partial charge in [-0.15, -0.1) is 0 Å². The Balaban J connectivity index is 1.70. The Hall–Kier alpha value is -3.16. The minimum absolute atomic E-state index is 0.200. The standard InChI is InChI=1S/C22H20ClN3O3S/c1-16-7-13-20(14-8-16)30(28,29)26(2)19-11-9-17(10-12-19)22(27)25-24-15-18-5-3-4-6-21(18)23/h3-15H,1-2H3,(H,25,27)/b24-15-. The molecule has 1 N–H and O–H groups in total. The molecule has 0 heterocycles. The molecular weight excluding hydrogens is 422 g/mol. The van der Waals surface area contributed by atoms with Gasteiger partial charge in [-0.25, -0.2) is 13.8 Å². The number of hydrazone groups is 1. The minimum Gasteiger partial charge on any atom is -0.269 e. The van der Waals surface area contributed by atoms with E-state index in [1.807, 2.05) is 13.0 Å². The Kier molecular flexibility index (Phi) is 6.54. The van der Waals surface area contributed by atoms with E-state index in [-0.39, 0.29) is 4.90 Å². The number of rotatable bonds is 6. The smallest absolute Gasteiger partial charge is 0.269 e. The highest BCUT2D eigenvalue weighted by atomic mass is 35.5. The van der Waals surface area contributed by atoms with Gasteiger partial charge in [0.2, 0.25) is 0 Å². The lowest BCUT2D eigenvalue weighted by Gasteiger charge is -2.19. The first-order chi connectivity index (χ1) is 14.3. The molecule has 0 aliphatic rings. The zero-order chi connectivity index (χ0) is 21.7. The van der Waals surface area contributed by atoms with Crippen LogP contribution in [-0.4, -0.2) is 27.6 Å². The highest BCUT2D eigenvalue weighted by Crippen LogP contribution is 2.22. The third kappa shape index (κ3) is 4.87. The SMILES string of the molecule is Cc1ccc(S(=O)(=O)N(C)c2ccc(C(=O)N/N=C\c3ccccc3Cl)cc2)cc1. The van der Waals surface area contributed by atoms with Crippen molar-refractivity contribution in [3.8, 4) is 0 Å². The van der Waals surface area contributed by atoms with E-state index in [1.54, 1.807) is 54.6 Å². The van der Waals surface area contributed by atoms with Crippen LogP contribution in [0.2, 0.25) is 5.02 Å². The summed E-state index contributed by atoms with van der Waals surface area (Å²) in [6, 6.07) is 20.0. The Morgan fingerprint density at radius 2 is 1.63 bits per heavy atom. The highest BCUT2D eigenvalue weighted by molar-refractivity contribution is 7.92. The van der Waals surface area contributed by atoms with Gasteiger partial charge in [0.05, 0.1) is 16.8 Å². The van der Waals surface area contributed by atoms with Crippen LogP contribution in [0.4, 0.5) is 5.69 Å². The van der Waals surface area contributed by atoms with Gasteiger partial charge in [-0.2, -0.15) is 5.10 Å². The topological polar surface area (TPSA) is 78.8 Å². The number of amides is 1. The molecular formula is C22H20ClN3O3S. The molecule has 0 radical (unpaired) electrons. The van der Waals surface area contributed by atoms with Crippen molar-refractivity contribution in [3.63, 3.8) is 0 Å². The molecule has 6 nitrogen and oxygen atoms in total. The number of halogens is 1. The average molecular weight is 442 g/mol. The maximum absolute atomic E-state index is 12.8. The quantitative estimate of drug-likeness (QED) is 0.459. The van der Waals surface area contributed by atoms with Gasteiger partial charge in [-0.3, -0.25) is 9.10 Å². The van der Waals surface area contributed by atoms with Crippen molar-refractivity contribution in [2.24, 2.45) is 5.10 Å². The number of benzene rings is 3. The molecule has 3 aromatic rings. The lowest BCUT2D eigenvalue weighted by molar-refractivity contribution is 0.0955. The summed E-state index contributed by atoms with van der Waals surface area (Å²) in [6.45, 7) is 1.89. The van der Waals surface area contributed by atoms with Crippen LogP contribution in [-0.2, 0) is 10.0 Å². The largest absolute Gasteiger partial charge is 0.271 e. The molecule has 154 valence electrons. The Morgan fingerprint density at radius 1 is 1.00 bits per heavy atom. The number of aryl methyl sites for hydroxylation is 1. The molecule has 8 heteroatoms. The van der Waals surface area contributed by atoms with E-state index < -0.39 is 15.9 Å². The molecule has 0 aliphatic heterocycles. The average Bonchev–Trinajstić information content (AvgIpc) is 2.75. The van der Waals surface area contributed by atoms with Crippen LogP contribution in [0.3, 0.4) is 0 Å². The summed E-state index contributed by atoms with van der Waals surface area (Å²) in [5, 5.41) is 4.43. The number of anilines is 1. The van der Waals surface area contributed by atoms with E-state index in [0.717, 1.165) is 5.56 Å². The summed E-state index contributed by atoms with van der Waals surface area (Å²) in [7, 11) is -2.22. The van der Waals surface area contributed by atoms with E-state index in [0.29, 0.717) is 21.8 Å². The molecule has 0 aromatic heterocycles. The molecule has 1 amide bonds. The van der Waals surface area contributed by atoms with Gasteiger partial charge in [0, 0.05) is 23.2 Å². The van der Waals surface area contributed by atoms with E-state index >= 15 is 0 Å². The first-order valence-corrected chi connectivity index (χ1v) is 10.8. The van der Waals surface area contributed by atoms with Crippen molar-refractivity contribution in [2.45, 2.75) is 11.8 Å². The Labute approximate surface area is 180 Å². The Morgan fingerprint density at radius 3 is 2.27 bits per heavy atom. The second kappa shape index (κ2) is 9.11. The van der Waals surface area contributed by atoms with E-state index in [4.69, 9.17) is 11.6 Å². The van der Waals surface area contributed by atoms with E-state index in [1.165, 1.54) is 29.7 Å². The van der Waals surface area contributed by atoms with Crippen LogP contribution in [0.1, 0.15) is 21.5 Å². The molecule has 0 spiro atoms.